The summed E-state index contributed by atoms with van der Waals surface area (Å²) in [7, 11) is -2.50. The molecule has 3 fully saturated rings. The standard InChI is InChI=1S/C23H34FN5O9P2S2Si/c1-7-12-18-19(38-43(5,6)23(2,3)4)14(34-12)9-33-39(30,41)36-17-13(8-32-40(31,42)37-18)35-22(15(17)24)29-11-28-16-20(25)26-10-27-21(16)29/h1,10-15,17-19,22H,8-9H2,2-6H3,(H,30,41)(H,31,42)(H2,25,26,27)/t12-,13?,14+,15+,17+,18-,19?,22+,39?,40?/m0/s1. The topological polar surface area (TPSA) is 168 Å². The first-order valence-electron chi connectivity index (χ1n) is 13.3. The van der Waals surface area contributed by atoms with Gasteiger partial charge in [-0.05, 0) is 18.1 Å². The second-order valence-electron chi connectivity index (χ2n) is 11.9. The Morgan fingerprint density at radius 1 is 1.09 bits per heavy atom. The summed E-state index contributed by atoms with van der Waals surface area (Å²) in [6.07, 6.45) is -1.97. The predicted molar refractivity (Wildman–Crippen MR) is 163 cm³/mol. The average molecular weight is 698 g/mol. The first-order valence-corrected chi connectivity index (χ1v) is 21.6. The van der Waals surface area contributed by atoms with Crippen LogP contribution in [0, 0.1) is 12.3 Å². The number of nitrogens with zero attached hydrogens (tertiary/aromatic N) is 4. The smallest absolute Gasteiger partial charge is 0.386 e. The van der Waals surface area contributed by atoms with Gasteiger partial charge in [-0.25, -0.2) is 28.5 Å². The van der Waals surface area contributed by atoms with Crippen LogP contribution in [0.15, 0.2) is 12.7 Å². The molecule has 43 heavy (non-hydrogen) atoms. The van der Waals surface area contributed by atoms with Gasteiger partial charge >= 0.3 is 13.6 Å². The van der Waals surface area contributed by atoms with Crippen molar-refractivity contribution in [2.24, 2.45) is 0 Å². The monoisotopic (exact) mass is 697 g/mol. The van der Waals surface area contributed by atoms with Crippen molar-refractivity contribution in [1.29, 1.82) is 0 Å². The molecule has 5 heterocycles. The van der Waals surface area contributed by atoms with E-state index in [1.807, 2.05) is 33.9 Å². The van der Waals surface area contributed by atoms with Gasteiger partial charge in [-0.1, -0.05) is 51.2 Å². The van der Waals surface area contributed by atoms with Crippen molar-refractivity contribution in [3.63, 3.8) is 0 Å². The highest BCUT2D eigenvalue weighted by atomic mass is 32.7. The summed E-state index contributed by atoms with van der Waals surface area (Å²) in [4.78, 5) is 12.1. The van der Waals surface area contributed by atoms with Gasteiger partial charge in [0, 0.05) is 0 Å². The lowest BCUT2D eigenvalue weighted by molar-refractivity contribution is -0.0433. The Labute approximate surface area is 259 Å². The van der Waals surface area contributed by atoms with Crippen LogP contribution >= 0.6 is 38.1 Å². The number of thiol groups is 2. The quantitative estimate of drug-likeness (QED) is 0.180. The molecular weight excluding hydrogens is 663 g/mol. The Morgan fingerprint density at radius 3 is 2.35 bits per heavy atom. The minimum Gasteiger partial charge on any atom is -0.408 e. The second kappa shape index (κ2) is 11.9. The van der Waals surface area contributed by atoms with E-state index in [2.05, 4.69) is 45.4 Å². The zero-order chi connectivity index (χ0) is 31.5. The molecule has 3 aliphatic rings. The van der Waals surface area contributed by atoms with Gasteiger partial charge in [0.15, 0.2) is 32.2 Å². The molecule has 14 nitrogen and oxygen atoms in total. The summed E-state index contributed by atoms with van der Waals surface area (Å²) in [5.74, 6) is 2.55. The summed E-state index contributed by atoms with van der Waals surface area (Å²) in [5, 5.41) is -0.233. The van der Waals surface area contributed by atoms with Gasteiger partial charge in [0.1, 0.15) is 48.5 Å². The number of halogens is 1. The second-order valence-corrected chi connectivity index (χ2v) is 22.4. The molecule has 5 rings (SSSR count). The van der Waals surface area contributed by atoms with Gasteiger partial charge in [0.25, 0.3) is 0 Å². The number of fused-ring (bicyclic) bond motifs is 4. The number of imidazole rings is 1. The van der Waals surface area contributed by atoms with Gasteiger partial charge in [-0.3, -0.25) is 22.7 Å². The number of hydrogen-bond donors (Lipinski definition) is 3. The van der Waals surface area contributed by atoms with Crippen LogP contribution < -0.4 is 5.73 Å². The van der Waals surface area contributed by atoms with Crippen LogP contribution in [-0.2, 0) is 41.1 Å². The molecule has 3 aliphatic heterocycles. The fourth-order valence-electron chi connectivity index (χ4n) is 4.71. The summed E-state index contributed by atoms with van der Waals surface area (Å²) < 4.78 is 85.4. The first kappa shape index (κ1) is 33.3. The third-order valence-corrected chi connectivity index (χ3v) is 15.7. The molecule has 10 atom stereocenters. The molecule has 0 saturated carbocycles. The molecule has 238 valence electrons. The van der Waals surface area contributed by atoms with Gasteiger partial charge in [0.2, 0.25) is 0 Å². The summed E-state index contributed by atoms with van der Waals surface area (Å²) in [6.45, 7) is 0.698. The van der Waals surface area contributed by atoms with Crippen LogP contribution in [0.2, 0.25) is 18.1 Å². The van der Waals surface area contributed by atoms with Gasteiger partial charge in [-0.15, -0.1) is 6.42 Å². The third-order valence-electron chi connectivity index (χ3n) is 7.95. The van der Waals surface area contributed by atoms with Crippen LogP contribution in [0.1, 0.15) is 27.0 Å². The minimum absolute atomic E-state index is 0.0821. The maximum atomic E-state index is 16.0. The van der Waals surface area contributed by atoms with Crippen molar-refractivity contribution in [3.05, 3.63) is 12.7 Å². The Hall–Kier alpha value is -1.06. The highest BCUT2D eigenvalue weighted by Crippen LogP contribution is 2.60. The lowest BCUT2D eigenvalue weighted by Crippen LogP contribution is -2.50. The molecule has 0 aromatic carbocycles. The Bertz CT molecular complexity index is 1510. The number of nitrogens with two attached hydrogens (primary N) is 1. The number of ether oxygens (including phenoxy) is 2. The van der Waals surface area contributed by atoms with Gasteiger partial charge in [-0.2, -0.15) is 0 Å². The molecule has 2 bridgehead atoms. The fourth-order valence-corrected chi connectivity index (χ4v) is 8.97. The van der Waals surface area contributed by atoms with E-state index in [0.29, 0.717) is 0 Å². The van der Waals surface area contributed by atoms with Crippen LogP contribution in [0.4, 0.5) is 10.2 Å². The van der Waals surface area contributed by atoms with Crippen molar-refractivity contribution < 1.29 is 45.5 Å². The van der Waals surface area contributed by atoms with E-state index in [1.54, 1.807) is 0 Å². The SMILES string of the molecule is C#C[C@@H]1O[C@@H]2COP(=O)(S)O[C@@H]3C(COP(=O)(S)O[C@@H]1C2O[Si](C)(C)C(C)(C)C)O[C@@H](n1cnc2c(N)ncnc21)[C@@H]3F. The molecule has 2 aromatic heterocycles. The van der Waals surface area contributed by atoms with E-state index in [1.165, 1.54) is 17.2 Å². The molecule has 0 radical (unpaired) electrons. The molecule has 0 amide bonds. The normalized spacial score (nSPS) is 39.4. The largest absolute Gasteiger partial charge is 0.408 e. The molecular formula is C23H34FN5O9P2S2Si. The number of anilines is 1. The van der Waals surface area contributed by atoms with E-state index in [-0.39, 0.29) is 28.6 Å². The lowest BCUT2D eigenvalue weighted by atomic mass is 10.1. The summed E-state index contributed by atoms with van der Waals surface area (Å²) >= 11 is 8.26. The highest BCUT2D eigenvalue weighted by Gasteiger charge is 2.55. The van der Waals surface area contributed by atoms with Crippen molar-refractivity contribution in [1.82, 2.24) is 19.5 Å². The van der Waals surface area contributed by atoms with Crippen LogP contribution in [0.3, 0.4) is 0 Å². The van der Waals surface area contributed by atoms with Crippen LogP contribution in [-0.4, -0.2) is 83.8 Å². The predicted octanol–water partition coefficient (Wildman–Crippen LogP) is 4.33. The van der Waals surface area contributed by atoms with E-state index < -0.39 is 77.5 Å². The first-order chi connectivity index (χ1) is 19.9. The fraction of sp³-hybridized carbons (Fsp3) is 0.696. The molecule has 20 heteroatoms. The minimum atomic E-state index is -4.28. The molecule has 0 spiro atoms. The molecule has 2 N–H and O–H groups in total. The summed E-state index contributed by atoms with van der Waals surface area (Å²) in [5.41, 5.74) is 6.27. The molecule has 2 aromatic rings. The third kappa shape index (κ3) is 6.74. The maximum absolute atomic E-state index is 16.0. The number of aromatic nitrogens is 4. The Kier molecular flexibility index (Phi) is 9.25. The van der Waals surface area contributed by atoms with E-state index in [9.17, 15) is 9.13 Å². The zero-order valence-corrected chi connectivity index (χ0v) is 28.6. The Morgan fingerprint density at radius 2 is 1.72 bits per heavy atom. The van der Waals surface area contributed by atoms with Crippen LogP contribution in [0.25, 0.3) is 11.2 Å². The van der Waals surface area contributed by atoms with Crippen molar-refractivity contribution in [2.75, 3.05) is 18.9 Å². The van der Waals surface area contributed by atoms with Gasteiger partial charge in [0.05, 0.1) is 19.5 Å². The number of alkyl halides is 1. The molecule has 4 unspecified atom stereocenters. The van der Waals surface area contributed by atoms with Crippen molar-refractivity contribution in [3.8, 4) is 12.3 Å². The maximum Gasteiger partial charge on any atom is 0.386 e. The van der Waals surface area contributed by atoms with Crippen LogP contribution in [0.5, 0.6) is 0 Å². The zero-order valence-electron chi connectivity index (χ0n) is 24.0. The van der Waals surface area contributed by atoms with E-state index in [0.717, 1.165) is 0 Å². The summed E-state index contributed by atoms with van der Waals surface area (Å²) in [6, 6.07) is 0. The number of nitrogen functional groups attached to an aromatic ring is 1. The number of terminal acetylenes is 1. The average Bonchev–Trinajstić information content (AvgIpc) is 3.55. The van der Waals surface area contributed by atoms with E-state index >= 15 is 4.39 Å². The van der Waals surface area contributed by atoms with E-state index in [4.69, 9.17) is 44.2 Å². The number of hydrogen-bond acceptors (Lipinski definition) is 13. The lowest BCUT2D eigenvalue weighted by Gasteiger charge is -2.40. The van der Waals surface area contributed by atoms with Crippen molar-refractivity contribution >= 4 is 63.4 Å². The van der Waals surface area contributed by atoms with Crippen molar-refractivity contribution in [2.45, 2.75) is 87.9 Å². The molecule has 3 saturated heterocycles. The highest BCUT2D eigenvalue weighted by molar-refractivity contribution is 8.44. The number of rotatable bonds is 3. The molecule has 0 aliphatic carbocycles. The van der Waals surface area contributed by atoms with Gasteiger partial charge < -0.3 is 19.6 Å². The Balaban J connectivity index is 1.46.